The van der Waals surface area contributed by atoms with Gasteiger partial charge in [0.2, 0.25) is 33.6 Å². The number of primary amides is 1. The lowest BCUT2D eigenvalue weighted by Crippen LogP contribution is -2.57. The molecule has 72 heavy (non-hydrogen) atoms. The van der Waals surface area contributed by atoms with Gasteiger partial charge in [0, 0.05) is 25.1 Å². The maximum absolute atomic E-state index is 14.0. The first-order chi connectivity index (χ1) is 34.4. The number of rotatable bonds is 22. The first kappa shape index (κ1) is 52.4. The Bertz CT molecular complexity index is 2980. The maximum atomic E-state index is 14.0. The van der Waals surface area contributed by atoms with E-state index in [2.05, 4.69) is 45.8 Å². The summed E-state index contributed by atoms with van der Waals surface area (Å²) >= 11 is 1.58. The van der Waals surface area contributed by atoms with Crippen LogP contribution in [0, 0.1) is 18.2 Å². The number of nitrogens with one attached hydrogen (secondary N) is 5. The number of nitrogens with zero attached hydrogens (tertiary/aromatic N) is 5. The van der Waals surface area contributed by atoms with Crippen molar-refractivity contribution in [3.63, 3.8) is 0 Å². The molecule has 1 aliphatic rings. The SMILES string of the molecule is CCS(=O)(=O)Nc1ccc(-c2[nH]nc(Nc3cnc(OCCCCC(=O)NC(C(=O)N4CCCC4C(=O)NCc4ccc(-c5scnc5C)cc4)C(C)(C)C)cn3)c2C(N)=O)cc1OCc1ccc(F)cc1. The number of carbonyl (C=O) groups excluding carboxylic acids is 4. The Morgan fingerprint density at radius 2 is 1.69 bits per heavy atom. The molecule has 4 amide bonds. The number of benzene rings is 3. The zero-order chi connectivity index (χ0) is 51.6. The molecule has 1 aliphatic heterocycles. The van der Waals surface area contributed by atoms with E-state index in [1.807, 2.05) is 57.5 Å². The number of nitrogens with two attached hydrogens (primary N) is 1. The van der Waals surface area contributed by atoms with Gasteiger partial charge in [-0.1, -0.05) is 63.2 Å². The molecule has 0 spiro atoms. The number of aromatic amines is 1. The Labute approximate surface area is 421 Å². The van der Waals surface area contributed by atoms with Gasteiger partial charge in [-0.3, -0.25) is 29.0 Å². The normalized spacial score (nSPS) is 14.1. The fourth-order valence-electron chi connectivity index (χ4n) is 7.90. The molecule has 2 atom stereocenters. The van der Waals surface area contributed by atoms with Crippen molar-refractivity contribution in [3.05, 3.63) is 113 Å². The average Bonchev–Trinajstić information content (AvgIpc) is 4.13. The van der Waals surface area contributed by atoms with Gasteiger partial charge in [0.05, 0.1) is 52.2 Å². The topological polar surface area (TPSA) is 266 Å². The predicted molar refractivity (Wildman–Crippen MR) is 271 cm³/mol. The van der Waals surface area contributed by atoms with Crippen LogP contribution < -0.4 is 35.9 Å². The number of halogens is 1. The van der Waals surface area contributed by atoms with Crippen molar-refractivity contribution < 1.29 is 41.5 Å². The number of carbonyl (C=O) groups is 4. The lowest BCUT2D eigenvalue weighted by Gasteiger charge is -2.35. The molecule has 6 aromatic rings. The second-order valence-corrected chi connectivity index (χ2v) is 21.1. The summed E-state index contributed by atoms with van der Waals surface area (Å²) in [6, 6.07) is 16.7. The standard InChI is InChI=1S/C50H58FN11O8S2/c1-6-72(67,68)61-36-21-18-34(24-38(36)70-28-32-14-19-35(51)20-15-32)43-42(46(52)64)47(60-59-43)57-39-26-54-41(27-53-39)69-23-8-7-11-40(63)58-45(50(3,4)5)49(66)62-22-9-10-37(62)48(65)55-25-31-12-16-33(17-13-31)44-30(2)56-29-71-44/h12-21,24,26-27,29,37,45,61H,6-11,22-23,25,28H2,1-5H3,(H2,52,64)(H,55,65)(H,58,63)(H2,53,57,59,60). The number of anilines is 3. The molecule has 4 heterocycles. The minimum atomic E-state index is -3.70. The van der Waals surface area contributed by atoms with E-state index in [0.29, 0.717) is 49.9 Å². The smallest absolute Gasteiger partial charge is 0.254 e. The van der Waals surface area contributed by atoms with Gasteiger partial charge in [-0.15, -0.1) is 11.3 Å². The van der Waals surface area contributed by atoms with Gasteiger partial charge in [0.15, 0.2) is 5.82 Å². The fourth-order valence-corrected chi connectivity index (χ4v) is 9.36. The fraction of sp³-hybridized carbons (Fsp3) is 0.360. The van der Waals surface area contributed by atoms with Crippen molar-refractivity contribution in [2.24, 2.45) is 11.1 Å². The van der Waals surface area contributed by atoms with E-state index in [4.69, 9.17) is 15.2 Å². The number of likely N-dealkylation sites (tertiary alicyclic amines) is 1. The van der Waals surface area contributed by atoms with Crippen molar-refractivity contribution >= 4 is 62.3 Å². The molecule has 1 fully saturated rings. The van der Waals surface area contributed by atoms with E-state index in [1.165, 1.54) is 55.7 Å². The van der Waals surface area contributed by atoms with Crippen LogP contribution >= 0.6 is 11.3 Å². The Kier molecular flexibility index (Phi) is 16.9. The van der Waals surface area contributed by atoms with Crippen LogP contribution in [-0.2, 0) is 37.6 Å². The highest BCUT2D eigenvalue weighted by Crippen LogP contribution is 2.36. The highest BCUT2D eigenvalue weighted by atomic mass is 32.2. The minimum absolute atomic E-state index is 0.0162. The number of unbranched alkanes of at least 4 members (excludes halogenated alkanes) is 1. The molecule has 0 saturated carbocycles. The zero-order valence-corrected chi connectivity index (χ0v) is 42.2. The molecule has 0 radical (unpaired) electrons. The van der Waals surface area contributed by atoms with Gasteiger partial charge in [-0.25, -0.2) is 27.8 Å². The van der Waals surface area contributed by atoms with Crippen molar-refractivity contribution in [1.29, 1.82) is 0 Å². The van der Waals surface area contributed by atoms with Crippen molar-refractivity contribution in [2.45, 2.75) is 92.0 Å². The summed E-state index contributed by atoms with van der Waals surface area (Å²) in [5.74, 6) is -1.66. The highest BCUT2D eigenvalue weighted by Gasteiger charge is 2.41. The highest BCUT2D eigenvalue weighted by molar-refractivity contribution is 7.92. The molecule has 2 unspecified atom stereocenters. The third-order valence-electron chi connectivity index (χ3n) is 11.8. The van der Waals surface area contributed by atoms with Crippen molar-refractivity contribution in [3.8, 4) is 33.3 Å². The van der Waals surface area contributed by atoms with Gasteiger partial charge in [0.25, 0.3) is 5.91 Å². The minimum Gasteiger partial charge on any atom is -0.487 e. The van der Waals surface area contributed by atoms with Crippen LogP contribution in [0.15, 0.2) is 84.6 Å². The largest absolute Gasteiger partial charge is 0.487 e. The second-order valence-electron chi connectivity index (χ2n) is 18.2. The van der Waals surface area contributed by atoms with Gasteiger partial charge in [0.1, 0.15) is 41.6 Å². The third-order valence-corrected chi connectivity index (χ3v) is 14.1. The zero-order valence-electron chi connectivity index (χ0n) is 40.6. The van der Waals surface area contributed by atoms with E-state index >= 15 is 0 Å². The lowest BCUT2D eigenvalue weighted by molar-refractivity contribution is -0.144. The molecular formula is C50H58FN11O8S2. The molecule has 22 heteroatoms. The maximum Gasteiger partial charge on any atom is 0.254 e. The van der Waals surface area contributed by atoms with Gasteiger partial charge in [-0.05, 0) is 85.9 Å². The molecule has 380 valence electrons. The van der Waals surface area contributed by atoms with Crippen molar-refractivity contribution in [2.75, 3.05) is 28.9 Å². The third kappa shape index (κ3) is 13.5. The Morgan fingerprint density at radius 1 is 0.958 bits per heavy atom. The number of H-pyrrole nitrogens is 1. The first-order valence-electron chi connectivity index (χ1n) is 23.4. The number of hydrogen-bond acceptors (Lipinski definition) is 14. The van der Waals surface area contributed by atoms with Crippen LogP contribution in [0.2, 0.25) is 0 Å². The monoisotopic (exact) mass is 1020 g/mol. The quantitative estimate of drug-likeness (QED) is 0.0374. The van der Waals surface area contributed by atoms with Crippen molar-refractivity contribution in [1.82, 2.24) is 40.7 Å². The molecule has 1 saturated heterocycles. The van der Waals surface area contributed by atoms with Gasteiger partial charge >= 0.3 is 0 Å². The van der Waals surface area contributed by atoms with Crippen LogP contribution in [0.4, 0.5) is 21.7 Å². The number of thiazole rings is 1. The van der Waals surface area contributed by atoms with Gasteiger partial charge in [-0.2, -0.15) is 5.10 Å². The summed E-state index contributed by atoms with van der Waals surface area (Å²) in [6.45, 7) is 10.1. The summed E-state index contributed by atoms with van der Waals surface area (Å²) in [4.78, 5) is 69.2. The van der Waals surface area contributed by atoms with Crippen LogP contribution in [-0.4, -0.2) is 93.1 Å². The van der Waals surface area contributed by atoms with Crippen LogP contribution in [0.3, 0.4) is 0 Å². The number of amides is 4. The number of ether oxygens (including phenoxy) is 2. The summed E-state index contributed by atoms with van der Waals surface area (Å²) < 4.78 is 52.7. The van der Waals surface area contributed by atoms with E-state index < -0.39 is 39.2 Å². The summed E-state index contributed by atoms with van der Waals surface area (Å²) in [5, 5.41) is 15.9. The number of hydrogen-bond donors (Lipinski definition) is 6. The average molecular weight is 1020 g/mol. The molecule has 7 N–H and O–H groups in total. The molecule has 0 bridgehead atoms. The molecule has 0 aliphatic carbocycles. The van der Waals surface area contributed by atoms with Crippen LogP contribution in [0.5, 0.6) is 11.6 Å². The molecule has 3 aromatic carbocycles. The molecular weight excluding hydrogens is 966 g/mol. The summed E-state index contributed by atoms with van der Waals surface area (Å²) in [7, 11) is -3.70. The van der Waals surface area contributed by atoms with E-state index in [9.17, 15) is 32.0 Å². The van der Waals surface area contributed by atoms with Crippen LogP contribution in [0.1, 0.15) is 87.0 Å². The Hall–Kier alpha value is -7.46. The number of aryl methyl sites for hydroxylation is 1. The molecule has 7 rings (SSSR count). The molecule has 19 nitrogen and oxygen atoms in total. The van der Waals surface area contributed by atoms with E-state index in [0.717, 1.165) is 21.7 Å². The molecule has 3 aromatic heterocycles. The summed E-state index contributed by atoms with van der Waals surface area (Å²) in [5.41, 5.74) is 11.3. The Balaban J connectivity index is 0.887. The van der Waals surface area contributed by atoms with E-state index in [1.54, 1.807) is 22.3 Å². The number of sulfonamides is 1. The number of aromatic nitrogens is 5. The summed E-state index contributed by atoms with van der Waals surface area (Å²) in [6.07, 6.45) is 5.05. The predicted octanol–water partition coefficient (Wildman–Crippen LogP) is 7.01. The first-order valence-corrected chi connectivity index (χ1v) is 25.9. The second kappa shape index (κ2) is 23.2. The Morgan fingerprint density at radius 3 is 2.36 bits per heavy atom. The van der Waals surface area contributed by atoms with E-state index in [-0.39, 0.29) is 83.3 Å². The van der Waals surface area contributed by atoms with Crippen LogP contribution in [0.25, 0.3) is 21.7 Å². The van der Waals surface area contributed by atoms with Gasteiger partial charge < -0.3 is 36.1 Å². The lowest BCUT2D eigenvalue weighted by atomic mass is 9.85.